The minimum absolute atomic E-state index is 0.663. The number of unbranched alkanes of at least 4 members (excludes halogenated alkanes) is 5. The monoisotopic (exact) mass is 373 g/mol. The average molecular weight is 374 g/mol. The molecule has 1 saturated carbocycles. The molecule has 0 saturated heterocycles. The molecule has 1 nitrogen and oxygen atoms in total. The molecule has 0 bridgehead atoms. The van der Waals surface area contributed by atoms with Crippen LogP contribution in [0.3, 0.4) is 0 Å². The van der Waals surface area contributed by atoms with Crippen molar-refractivity contribution in [2.45, 2.75) is 89.4 Å². The fourth-order valence-electron chi connectivity index (χ4n) is 4.66. The second-order valence-corrected chi connectivity index (χ2v) is 8.54. The first-order valence-electron chi connectivity index (χ1n) is 11.4. The van der Waals surface area contributed by atoms with Crippen molar-refractivity contribution >= 4 is 0 Å². The quantitative estimate of drug-likeness (QED) is 0.410. The number of hydrogen-bond donors (Lipinski definition) is 0. The van der Waals surface area contributed by atoms with Crippen molar-refractivity contribution in [3.8, 4) is 6.07 Å². The third-order valence-corrected chi connectivity index (χ3v) is 6.51. The van der Waals surface area contributed by atoms with Gasteiger partial charge in [0.15, 0.2) is 0 Å². The molecular formula is C27H35N. The molecule has 1 heteroatoms. The van der Waals surface area contributed by atoms with Crippen molar-refractivity contribution in [3.05, 3.63) is 70.8 Å². The van der Waals surface area contributed by atoms with Crippen LogP contribution in [-0.2, 0) is 6.42 Å². The minimum atomic E-state index is 0.663. The summed E-state index contributed by atoms with van der Waals surface area (Å²) in [6.07, 6.45) is 14.5. The van der Waals surface area contributed by atoms with Crippen LogP contribution in [0.15, 0.2) is 48.5 Å². The highest BCUT2D eigenvalue weighted by Gasteiger charge is 2.23. The Balaban J connectivity index is 1.43. The standard InChI is InChI=1S/C27H35N/c1-2-3-4-5-6-7-8-22-9-13-24(14-10-22)26-17-19-27(20-18-26)25-15-11-23(21-28)12-16-25/h9-16,26-27H,2-8,17-20H2,1H3/t26-,27-. The fraction of sp³-hybridized carbons (Fsp3) is 0.519. The van der Waals surface area contributed by atoms with Crippen molar-refractivity contribution in [3.63, 3.8) is 0 Å². The van der Waals surface area contributed by atoms with Crippen molar-refractivity contribution in [1.82, 2.24) is 0 Å². The van der Waals surface area contributed by atoms with E-state index in [1.807, 2.05) is 12.1 Å². The van der Waals surface area contributed by atoms with Crippen LogP contribution in [0.2, 0.25) is 0 Å². The molecule has 0 amide bonds. The maximum absolute atomic E-state index is 8.96. The summed E-state index contributed by atoms with van der Waals surface area (Å²) >= 11 is 0. The van der Waals surface area contributed by atoms with Gasteiger partial charge in [-0.3, -0.25) is 0 Å². The number of benzene rings is 2. The molecular weight excluding hydrogens is 338 g/mol. The lowest BCUT2D eigenvalue weighted by molar-refractivity contribution is 0.396. The lowest BCUT2D eigenvalue weighted by Crippen LogP contribution is -2.12. The lowest BCUT2D eigenvalue weighted by atomic mass is 9.76. The summed E-state index contributed by atoms with van der Waals surface area (Å²) in [7, 11) is 0. The van der Waals surface area contributed by atoms with Crippen LogP contribution in [-0.4, -0.2) is 0 Å². The predicted octanol–water partition coefficient (Wildman–Crippen LogP) is 7.90. The van der Waals surface area contributed by atoms with Crippen LogP contribution in [0.25, 0.3) is 0 Å². The molecule has 3 rings (SSSR count). The van der Waals surface area contributed by atoms with Gasteiger partial charge in [-0.25, -0.2) is 0 Å². The van der Waals surface area contributed by atoms with Gasteiger partial charge < -0.3 is 0 Å². The Labute approximate surface area is 171 Å². The Bertz CT molecular complexity index is 727. The predicted molar refractivity (Wildman–Crippen MR) is 119 cm³/mol. The van der Waals surface area contributed by atoms with Gasteiger partial charge in [0.25, 0.3) is 0 Å². The third-order valence-electron chi connectivity index (χ3n) is 6.51. The Hall–Kier alpha value is -2.07. The maximum Gasteiger partial charge on any atom is 0.0991 e. The number of nitrogens with zero attached hydrogens (tertiary/aromatic N) is 1. The van der Waals surface area contributed by atoms with E-state index >= 15 is 0 Å². The van der Waals surface area contributed by atoms with E-state index in [2.05, 4.69) is 49.4 Å². The van der Waals surface area contributed by atoms with Crippen LogP contribution >= 0.6 is 0 Å². The summed E-state index contributed by atoms with van der Waals surface area (Å²) < 4.78 is 0. The Morgan fingerprint density at radius 2 is 1.21 bits per heavy atom. The van der Waals surface area contributed by atoms with Crippen LogP contribution in [0.5, 0.6) is 0 Å². The van der Waals surface area contributed by atoms with E-state index < -0.39 is 0 Å². The molecule has 1 aliphatic rings. The van der Waals surface area contributed by atoms with Gasteiger partial charge in [-0.1, -0.05) is 75.4 Å². The zero-order valence-electron chi connectivity index (χ0n) is 17.5. The first-order valence-corrected chi connectivity index (χ1v) is 11.4. The van der Waals surface area contributed by atoms with Gasteiger partial charge in [0, 0.05) is 0 Å². The molecule has 0 atom stereocenters. The second-order valence-electron chi connectivity index (χ2n) is 8.54. The number of hydrogen-bond acceptors (Lipinski definition) is 1. The molecule has 0 heterocycles. The van der Waals surface area contributed by atoms with Crippen LogP contribution in [0, 0.1) is 11.3 Å². The summed E-state index contributed by atoms with van der Waals surface area (Å²) in [6.45, 7) is 2.28. The molecule has 2 aromatic carbocycles. The summed E-state index contributed by atoms with van der Waals surface area (Å²) in [5, 5.41) is 8.96. The molecule has 2 aromatic rings. The van der Waals surface area contributed by atoms with Gasteiger partial charge in [-0.15, -0.1) is 0 Å². The van der Waals surface area contributed by atoms with E-state index in [1.54, 1.807) is 0 Å². The SMILES string of the molecule is CCCCCCCCc1ccc([C@H]2CC[C@H](c3ccc(C#N)cc3)CC2)cc1. The van der Waals surface area contributed by atoms with Gasteiger partial charge in [0.05, 0.1) is 11.6 Å². The average Bonchev–Trinajstić information content (AvgIpc) is 2.77. The molecule has 0 unspecified atom stereocenters. The molecule has 0 N–H and O–H groups in total. The van der Waals surface area contributed by atoms with E-state index in [0.29, 0.717) is 5.92 Å². The lowest BCUT2D eigenvalue weighted by Gasteiger charge is -2.29. The van der Waals surface area contributed by atoms with E-state index in [4.69, 9.17) is 5.26 Å². The Morgan fingerprint density at radius 1 is 0.714 bits per heavy atom. The molecule has 1 aliphatic carbocycles. The maximum atomic E-state index is 8.96. The molecule has 0 radical (unpaired) electrons. The van der Waals surface area contributed by atoms with E-state index in [0.717, 1.165) is 11.5 Å². The summed E-state index contributed by atoms with van der Waals surface area (Å²) in [6, 6.07) is 20.0. The van der Waals surface area contributed by atoms with E-state index in [1.165, 1.54) is 87.3 Å². The molecule has 28 heavy (non-hydrogen) atoms. The largest absolute Gasteiger partial charge is 0.192 e. The summed E-state index contributed by atoms with van der Waals surface area (Å²) in [5.74, 6) is 1.38. The highest BCUT2D eigenvalue weighted by Crippen LogP contribution is 2.40. The molecule has 0 spiro atoms. The van der Waals surface area contributed by atoms with Gasteiger partial charge in [-0.05, 0) is 79.2 Å². The van der Waals surface area contributed by atoms with Crippen molar-refractivity contribution in [1.29, 1.82) is 5.26 Å². The highest BCUT2D eigenvalue weighted by molar-refractivity contribution is 5.33. The van der Waals surface area contributed by atoms with Gasteiger partial charge in [-0.2, -0.15) is 5.26 Å². The fourth-order valence-corrected chi connectivity index (χ4v) is 4.66. The smallest absolute Gasteiger partial charge is 0.0991 e. The molecule has 0 aromatic heterocycles. The van der Waals surface area contributed by atoms with Crippen LogP contribution < -0.4 is 0 Å². The van der Waals surface area contributed by atoms with Crippen LogP contribution in [0.1, 0.15) is 105 Å². The van der Waals surface area contributed by atoms with Crippen molar-refractivity contribution in [2.24, 2.45) is 0 Å². The van der Waals surface area contributed by atoms with Crippen molar-refractivity contribution < 1.29 is 0 Å². The van der Waals surface area contributed by atoms with E-state index in [-0.39, 0.29) is 0 Å². The number of aryl methyl sites for hydroxylation is 1. The van der Waals surface area contributed by atoms with E-state index in [9.17, 15) is 0 Å². The Morgan fingerprint density at radius 3 is 1.75 bits per heavy atom. The summed E-state index contributed by atoms with van der Waals surface area (Å²) in [4.78, 5) is 0. The topological polar surface area (TPSA) is 23.8 Å². The number of rotatable bonds is 9. The van der Waals surface area contributed by atoms with Crippen LogP contribution in [0.4, 0.5) is 0 Å². The Kier molecular flexibility index (Phi) is 8.16. The van der Waals surface area contributed by atoms with Gasteiger partial charge in [0.1, 0.15) is 0 Å². The number of nitriles is 1. The highest BCUT2D eigenvalue weighted by atomic mass is 14.3. The first kappa shape index (κ1) is 20.7. The molecule has 148 valence electrons. The molecule has 0 aliphatic heterocycles. The van der Waals surface area contributed by atoms with Gasteiger partial charge >= 0.3 is 0 Å². The first-order chi connectivity index (χ1) is 13.8. The second kappa shape index (κ2) is 11.1. The zero-order chi connectivity index (χ0) is 19.6. The summed E-state index contributed by atoms with van der Waals surface area (Å²) in [5.41, 5.74) is 5.21. The third kappa shape index (κ3) is 5.96. The zero-order valence-corrected chi connectivity index (χ0v) is 17.5. The molecule has 1 fully saturated rings. The van der Waals surface area contributed by atoms with Crippen molar-refractivity contribution in [2.75, 3.05) is 0 Å². The normalized spacial score (nSPS) is 19.3. The minimum Gasteiger partial charge on any atom is -0.192 e. The van der Waals surface area contributed by atoms with Gasteiger partial charge in [0.2, 0.25) is 0 Å².